The number of nitrogens with one attached hydrogen (secondary N) is 1. The van der Waals surface area contributed by atoms with Crippen LogP contribution in [0.15, 0.2) is 12.1 Å². The third-order valence-electron chi connectivity index (χ3n) is 2.50. The number of hydrogen-bond acceptors (Lipinski definition) is 2. The van der Waals surface area contributed by atoms with Crippen LogP contribution in [0, 0.1) is 0 Å². The molecule has 4 heteroatoms. The minimum Gasteiger partial charge on any atom is -0.306 e. The lowest BCUT2D eigenvalue weighted by Gasteiger charge is -2.11. The molecule has 2 nitrogen and oxygen atoms in total. The van der Waals surface area contributed by atoms with Crippen molar-refractivity contribution in [1.29, 1.82) is 0 Å². The van der Waals surface area contributed by atoms with Crippen LogP contribution < -0.4 is 5.32 Å². The van der Waals surface area contributed by atoms with Gasteiger partial charge < -0.3 is 5.32 Å². The first-order valence-electron chi connectivity index (χ1n) is 4.76. The quantitative estimate of drug-likeness (QED) is 0.781. The molecule has 0 saturated heterocycles. The number of hydrogen-bond donors (Lipinski definition) is 1. The number of nitrogens with zero attached hydrogens (tertiary/aromatic N) is 1. The van der Waals surface area contributed by atoms with Gasteiger partial charge in [0.1, 0.15) is 11.8 Å². The number of aromatic nitrogens is 1. The Kier molecular flexibility index (Phi) is 2.99. The van der Waals surface area contributed by atoms with Gasteiger partial charge in [0, 0.05) is 6.54 Å². The molecule has 0 aliphatic heterocycles. The molecule has 14 heavy (non-hydrogen) atoms. The lowest BCUT2D eigenvalue weighted by atomic mass is 10.2. The van der Waals surface area contributed by atoms with Crippen molar-refractivity contribution in [3.8, 4) is 0 Å². The number of fused-ring (bicyclic) bond motifs is 1. The average Bonchev–Trinajstić information content (AvgIpc) is 2.57. The summed E-state index contributed by atoms with van der Waals surface area (Å²) in [5.74, 6) is 0. The maximum atomic E-state index is 12.0. The minimum absolute atomic E-state index is 0.180. The molecule has 0 radical (unpaired) electrons. The summed E-state index contributed by atoms with van der Waals surface area (Å²) < 4.78 is 12.0. The first kappa shape index (κ1) is 9.87. The number of rotatable bonds is 3. The van der Waals surface area contributed by atoms with Gasteiger partial charge in [-0.2, -0.15) is 0 Å². The van der Waals surface area contributed by atoms with E-state index in [2.05, 4.69) is 10.3 Å². The highest BCUT2D eigenvalue weighted by atomic mass is 35.5. The summed E-state index contributed by atoms with van der Waals surface area (Å²) in [6, 6.07) is 3.99. The van der Waals surface area contributed by atoms with Gasteiger partial charge in [0.05, 0.1) is 11.7 Å². The summed E-state index contributed by atoms with van der Waals surface area (Å²) in [6.07, 6.45) is 1.99. The standard InChI is InChI=1S/C10H12ClFN2/c11-9-4-2-7-1-3-8(10(7)14-9)13-6-5-12/h2,4,8,13H,1,3,5-6H2. The van der Waals surface area contributed by atoms with Crippen LogP contribution in [-0.2, 0) is 6.42 Å². The van der Waals surface area contributed by atoms with Crippen molar-refractivity contribution in [2.24, 2.45) is 0 Å². The van der Waals surface area contributed by atoms with Gasteiger partial charge in [0.15, 0.2) is 0 Å². The maximum absolute atomic E-state index is 12.0. The largest absolute Gasteiger partial charge is 0.306 e. The molecule has 76 valence electrons. The minimum atomic E-state index is -0.341. The second-order valence-electron chi connectivity index (χ2n) is 3.41. The van der Waals surface area contributed by atoms with E-state index in [1.807, 2.05) is 6.07 Å². The van der Waals surface area contributed by atoms with E-state index in [1.165, 1.54) is 5.56 Å². The Morgan fingerprint density at radius 2 is 2.43 bits per heavy atom. The number of alkyl halides is 1. The van der Waals surface area contributed by atoms with Gasteiger partial charge in [-0.05, 0) is 24.5 Å². The number of aryl methyl sites for hydroxylation is 1. The predicted molar refractivity (Wildman–Crippen MR) is 54.3 cm³/mol. The molecule has 1 heterocycles. The third-order valence-corrected chi connectivity index (χ3v) is 2.71. The second-order valence-corrected chi connectivity index (χ2v) is 3.80. The molecule has 1 aliphatic carbocycles. The van der Waals surface area contributed by atoms with Gasteiger partial charge >= 0.3 is 0 Å². The lowest BCUT2D eigenvalue weighted by molar-refractivity contribution is 0.430. The predicted octanol–water partition coefficient (Wildman–Crippen LogP) is 2.28. The van der Waals surface area contributed by atoms with E-state index >= 15 is 0 Å². The van der Waals surface area contributed by atoms with Crippen LogP contribution in [0.3, 0.4) is 0 Å². The summed E-state index contributed by atoms with van der Waals surface area (Å²) in [4.78, 5) is 4.27. The summed E-state index contributed by atoms with van der Waals surface area (Å²) in [7, 11) is 0. The van der Waals surface area contributed by atoms with E-state index in [0.29, 0.717) is 11.7 Å². The van der Waals surface area contributed by atoms with E-state index in [9.17, 15) is 4.39 Å². The Bertz CT molecular complexity index is 330. The van der Waals surface area contributed by atoms with Crippen molar-refractivity contribution in [3.05, 3.63) is 28.5 Å². The molecule has 0 bridgehead atoms. The van der Waals surface area contributed by atoms with E-state index in [0.717, 1.165) is 18.5 Å². The molecule has 1 unspecified atom stereocenters. The fourth-order valence-corrected chi connectivity index (χ4v) is 2.01. The SMILES string of the molecule is FCCNC1CCc2ccc(Cl)nc21. The van der Waals surface area contributed by atoms with Gasteiger partial charge in [-0.3, -0.25) is 0 Å². The third kappa shape index (κ3) is 1.88. The highest BCUT2D eigenvalue weighted by Gasteiger charge is 2.23. The zero-order chi connectivity index (χ0) is 9.97. The maximum Gasteiger partial charge on any atom is 0.129 e. The van der Waals surface area contributed by atoms with Gasteiger partial charge in [-0.15, -0.1) is 0 Å². The first-order valence-corrected chi connectivity index (χ1v) is 5.13. The van der Waals surface area contributed by atoms with Crippen molar-refractivity contribution in [2.45, 2.75) is 18.9 Å². The van der Waals surface area contributed by atoms with Gasteiger partial charge in [-0.25, -0.2) is 9.37 Å². The average molecular weight is 215 g/mol. The molecule has 1 aromatic heterocycles. The molecule has 0 amide bonds. The highest BCUT2D eigenvalue weighted by molar-refractivity contribution is 6.29. The second kappa shape index (κ2) is 4.24. The normalized spacial score (nSPS) is 19.7. The van der Waals surface area contributed by atoms with E-state index < -0.39 is 0 Å². The topological polar surface area (TPSA) is 24.9 Å². The number of pyridine rings is 1. The molecule has 0 fully saturated rings. The van der Waals surface area contributed by atoms with Crippen molar-refractivity contribution in [1.82, 2.24) is 10.3 Å². The molecule has 0 aromatic carbocycles. The molecule has 1 aliphatic rings. The van der Waals surface area contributed by atoms with Crippen LogP contribution in [0.2, 0.25) is 5.15 Å². The first-order chi connectivity index (χ1) is 6.81. The lowest BCUT2D eigenvalue weighted by Crippen LogP contribution is -2.22. The Labute approximate surface area is 87.5 Å². The van der Waals surface area contributed by atoms with Crippen molar-refractivity contribution in [3.63, 3.8) is 0 Å². The van der Waals surface area contributed by atoms with Gasteiger partial charge in [-0.1, -0.05) is 17.7 Å². The Morgan fingerprint density at radius 1 is 1.57 bits per heavy atom. The van der Waals surface area contributed by atoms with E-state index in [4.69, 9.17) is 11.6 Å². The molecule has 0 spiro atoms. The van der Waals surface area contributed by atoms with Crippen LogP contribution in [0.4, 0.5) is 4.39 Å². The molecule has 1 atom stereocenters. The van der Waals surface area contributed by atoms with E-state index in [1.54, 1.807) is 6.07 Å². The Morgan fingerprint density at radius 3 is 3.21 bits per heavy atom. The van der Waals surface area contributed by atoms with E-state index in [-0.39, 0.29) is 12.7 Å². The smallest absolute Gasteiger partial charge is 0.129 e. The zero-order valence-electron chi connectivity index (χ0n) is 7.76. The Hall–Kier alpha value is -0.670. The van der Waals surface area contributed by atoms with Crippen molar-refractivity contribution >= 4 is 11.6 Å². The van der Waals surface area contributed by atoms with Crippen LogP contribution >= 0.6 is 11.6 Å². The molecule has 1 N–H and O–H groups in total. The summed E-state index contributed by atoms with van der Waals surface area (Å²) in [5.41, 5.74) is 2.22. The fourth-order valence-electron chi connectivity index (χ4n) is 1.86. The van der Waals surface area contributed by atoms with Crippen LogP contribution in [-0.4, -0.2) is 18.2 Å². The van der Waals surface area contributed by atoms with Gasteiger partial charge in [0.2, 0.25) is 0 Å². The van der Waals surface area contributed by atoms with Gasteiger partial charge in [0.25, 0.3) is 0 Å². The summed E-state index contributed by atoms with van der Waals surface area (Å²) in [6.45, 7) is 0.0463. The van der Waals surface area contributed by atoms with Crippen molar-refractivity contribution < 1.29 is 4.39 Å². The zero-order valence-corrected chi connectivity index (χ0v) is 8.52. The highest BCUT2D eigenvalue weighted by Crippen LogP contribution is 2.30. The molecule has 2 rings (SSSR count). The van der Waals surface area contributed by atoms with Crippen LogP contribution in [0.25, 0.3) is 0 Å². The summed E-state index contributed by atoms with van der Waals surface area (Å²) in [5, 5.41) is 3.63. The van der Waals surface area contributed by atoms with Crippen LogP contribution in [0.5, 0.6) is 0 Å². The molecular weight excluding hydrogens is 203 g/mol. The molecule has 1 aromatic rings. The fraction of sp³-hybridized carbons (Fsp3) is 0.500. The van der Waals surface area contributed by atoms with Crippen molar-refractivity contribution in [2.75, 3.05) is 13.2 Å². The molecule has 0 saturated carbocycles. The Balaban J connectivity index is 2.16. The number of halogens is 2. The van der Waals surface area contributed by atoms with Crippen LogP contribution in [0.1, 0.15) is 23.7 Å². The monoisotopic (exact) mass is 214 g/mol. The summed E-state index contributed by atoms with van der Waals surface area (Å²) >= 11 is 5.81. The molecular formula is C10H12ClFN2.